The molecule has 2 heterocycles. The summed E-state index contributed by atoms with van der Waals surface area (Å²) in [6.45, 7) is 7.41. The second-order valence-corrected chi connectivity index (χ2v) is 6.89. The van der Waals surface area contributed by atoms with Crippen LogP contribution in [0.25, 0.3) is 0 Å². The molecule has 1 aliphatic heterocycles. The summed E-state index contributed by atoms with van der Waals surface area (Å²) < 4.78 is 28.1. The molecular formula is C13H22N4O2S. The predicted octanol–water partition coefficient (Wildman–Crippen LogP) is 0.833. The van der Waals surface area contributed by atoms with Crippen LogP contribution < -0.4 is 5.32 Å². The predicted molar refractivity (Wildman–Crippen MR) is 77.9 cm³/mol. The topological polar surface area (TPSA) is 67.2 Å². The number of rotatable bonds is 6. The maximum absolute atomic E-state index is 12.5. The summed E-state index contributed by atoms with van der Waals surface area (Å²) in [6, 6.07) is 0. The van der Waals surface area contributed by atoms with Crippen LogP contribution in [-0.4, -0.2) is 48.7 Å². The van der Waals surface area contributed by atoms with Crippen molar-refractivity contribution in [2.75, 3.05) is 26.2 Å². The van der Waals surface area contributed by atoms with Gasteiger partial charge in [-0.05, 0) is 19.9 Å². The van der Waals surface area contributed by atoms with Gasteiger partial charge >= 0.3 is 0 Å². The van der Waals surface area contributed by atoms with Crippen molar-refractivity contribution in [3.05, 3.63) is 24.0 Å². The maximum atomic E-state index is 12.5. The SMILES string of the molecule is CCNCCn1cc(S(=O)(=O)N2CC=C(C)CC2)cn1. The maximum Gasteiger partial charge on any atom is 0.246 e. The van der Waals surface area contributed by atoms with E-state index in [4.69, 9.17) is 0 Å². The largest absolute Gasteiger partial charge is 0.315 e. The van der Waals surface area contributed by atoms with Gasteiger partial charge in [-0.15, -0.1) is 0 Å². The van der Waals surface area contributed by atoms with E-state index >= 15 is 0 Å². The highest BCUT2D eigenvalue weighted by Gasteiger charge is 2.26. The van der Waals surface area contributed by atoms with Gasteiger partial charge in [-0.3, -0.25) is 4.68 Å². The summed E-state index contributed by atoms with van der Waals surface area (Å²) in [7, 11) is -3.41. The van der Waals surface area contributed by atoms with E-state index in [0.29, 0.717) is 19.6 Å². The van der Waals surface area contributed by atoms with Crippen molar-refractivity contribution < 1.29 is 8.42 Å². The van der Waals surface area contributed by atoms with E-state index in [9.17, 15) is 8.42 Å². The third-order valence-electron chi connectivity index (χ3n) is 3.41. The second-order valence-electron chi connectivity index (χ2n) is 4.96. The Kier molecular flexibility index (Phi) is 4.95. The minimum absolute atomic E-state index is 0.280. The fraction of sp³-hybridized carbons (Fsp3) is 0.615. The number of sulfonamides is 1. The third kappa shape index (κ3) is 3.47. The number of nitrogens with zero attached hydrogens (tertiary/aromatic N) is 3. The summed E-state index contributed by atoms with van der Waals surface area (Å²) in [5.41, 5.74) is 1.25. The van der Waals surface area contributed by atoms with Crippen LogP contribution in [0.3, 0.4) is 0 Å². The normalized spacial score (nSPS) is 17.2. The van der Waals surface area contributed by atoms with Gasteiger partial charge < -0.3 is 5.32 Å². The van der Waals surface area contributed by atoms with E-state index in [1.54, 1.807) is 10.9 Å². The molecular weight excluding hydrogens is 276 g/mol. The Morgan fingerprint density at radius 1 is 1.45 bits per heavy atom. The first-order chi connectivity index (χ1) is 9.54. The highest BCUT2D eigenvalue weighted by Crippen LogP contribution is 2.19. The monoisotopic (exact) mass is 298 g/mol. The molecule has 7 heteroatoms. The van der Waals surface area contributed by atoms with Gasteiger partial charge in [0, 0.05) is 25.8 Å². The molecule has 0 amide bonds. The Morgan fingerprint density at radius 3 is 2.90 bits per heavy atom. The van der Waals surface area contributed by atoms with Gasteiger partial charge in [0.15, 0.2) is 0 Å². The van der Waals surface area contributed by atoms with E-state index in [0.717, 1.165) is 19.5 Å². The fourth-order valence-electron chi connectivity index (χ4n) is 2.09. The first-order valence-electron chi connectivity index (χ1n) is 6.93. The zero-order valence-corrected chi connectivity index (χ0v) is 12.9. The van der Waals surface area contributed by atoms with Crippen LogP contribution in [0, 0.1) is 0 Å². The van der Waals surface area contributed by atoms with E-state index in [-0.39, 0.29) is 4.90 Å². The van der Waals surface area contributed by atoms with Gasteiger partial charge in [0.25, 0.3) is 0 Å². The molecule has 6 nitrogen and oxygen atoms in total. The Balaban J connectivity index is 2.06. The zero-order chi connectivity index (χ0) is 14.6. The van der Waals surface area contributed by atoms with Crippen molar-refractivity contribution in [1.82, 2.24) is 19.4 Å². The average molecular weight is 298 g/mol. The van der Waals surface area contributed by atoms with Crippen molar-refractivity contribution >= 4 is 10.0 Å². The van der Waals surface area contributed by atoms with Crippen LogP contribution in [0.15, 0.2) is 28.9 Å². The lowest BCUT2D eigenvalue weighted by Crippen LogP contribution is -2.34. The van der Waals surface area contributed by atoms with Gasteiger partial charge in [0.2, 0.25) is 10.0 Å². The summed E-state index contributed by atoms with van der Waals surface area (Å²) in [4.78, 5) is 0.280. The average Bonchev–Trinajstić information content (AvgIpc) is 2.89. The molecule has 0 aromatic carbocycles. The fourth-order valence-corrected chi connectivity index (χ4v) is 3.43. The lowest BCUT2D eigenvalue weighted by molar-refractivity contribution is 0.431. The summed E-state index contributed by atoms with van der Waals surface area (Å²) >= 11 is 0. The van der Waals surface area contributed by atoms with Crippen LogP contribution in [0.2, 0.25) is 0 Å². The summed E-state index contributed by atoms with van der Waals surface area (Å²) in [6.07, 6.45) is 5.81. The molecule has 20 heavy (non-hydrogen) atoms. The third-order valence-corrected chi connectivity index (χ3v) is 5.23. The number of aromatic nitrogens is 2. The van der Waals surface area contributed by atoms with Gasteiger partial charge in [-0.25, -0.2) is 8.42 Å². The number of likely N-dealkylation sites (N-methyl/N-ethyl adjacent to an activating group) is 1. The van der Waals surface area contributed by atoms with Gasteiger partial charge in [0.1, 0.15) is 4.90 Å². The van der Waals surface area contributed by atoms with Crippen LogP contribution in [0.5, 0.6) is 0 Å². The molecule has 0 aliphatic carbocycles. The molecule has 2 rings (SSSR count). The van der Waals surface area contributed by atoms with Gasteiger partial charge in [-0.1, -0.05) is 18.6 Å². The lowest BCUT2D eigenvalue weighted by Gasteiger charge is -2.23. The Labute approximate surface area is 120 Å². The van der Waals surface area contributed by atoms with E-state index in [1.807, 2.05) is 19.9 Å². The quantitative estimate of drug-likeness (QED) is 0.624. The van der Waals surface area contributed by atoms with Crippen LogP contribution in [-0.2, 0) is 16.6 Å². The molecule has 1 N–H and O–H groups in total. The minimum atomic E-state index is -3.41. The smallest absolute Gasteiger partial charge is 0.246 e. The number of hydrogen-bond donors (Lipinski definition) is 1. The molecule has 0 unspecified atom stereocenters. The molecule has 0 fully saturated rings. The van der Waals surface area contributed by atoms with E-state index < -0.39 is 10.0 Å². The molecule has 1 aromatic heterocycles. The first kappa shape index (κ1) is 15.2. The van der Waals surface area contributed by atoms with Crippen molar-refractivity contribution in [2.45, 2.75) is 31.7 Å². The lowest BCUT2D eigenvalue weighted by atomic mass is 10.1. The first-order valence-corrected chi connectivity index (χ1v) is 8.37. The van der Waals surface area contributed by atoms with Crippen LogP contribution in [0.4, 0.5) is 0 Å². The number of hydrogen-bond acceptors (Lipinski definition) is 4. The minimum Gasteiger partial charge on any atom is -0.315 e. The molecule has 1 aliphatic rings. The standard InChI is InChI=1S/C13H22N4O2S/c1-3-14-6-9-16-11-13(10-15-16)20(18,19)17-7-4-12(2)5-8-17/h4,10-11,14H,3,5-9H2,1-2H3. The van der Waals surface area contributed by atoms with Crippen molar-refractivity contribution in [3.63, 3.8) is 0 Å². The second kappa shape index (κ2) is 6.51. The van der Waals surface area contributed by atoms with Crippen LogP contribution >= 0.6 is 0 Å². The van der Waals surface area contributed by atoms with Crippen molar-refractivity contribution in [1.29, 1.82) is 0 Å². The molecule has 0 atom stereocenters. The molecule has 112 valence electrons. The van der Waals surface area contributed by atoms with Gasteiger partial charge in [0.05, 0.1) is 12.7 Å². The Hall–Kier alpha value is -1.18. The molecule has 0 bridgehead atoms. The van der Waals surface area contributed by atoms with E-state index in [1.165, 1.54) is 16.1 Å². The molecule has 0 saturated heterocycles. The summed E-state index contributed by atoms with van der Waals surface area (Å²) in [5, 5.41) is 7.30. The molecule has 1 aromatic rings. The molecule has 0 spiro atoms. The Bertz CT molecular complexity index is 577. The van der Waals surface area contributed by atoms with Crippen molar-refractivity contribution in [3.8, 4) is 0 Å². The Morgan fingerprint density at radius 2 is 2.25 bits per heavy atom. The zero-order valence-electron chi connectivity index (χ0n) is 12.0. The number of nitrogens with one attached hydrogen (secondary N) is 1. The highest BCUT2D eigenvalue weighted by molar-refractivity contribution is 7.89. The van der Waals surface area contributed by atoms with E-state index in [2.05, 4.69) is 10.4 Å². The molecule has 0 radical (unpaired) electrons. The van der Waals surface area contributed by atoms with Crippen molar-refractivity contribution in [2.24, 2.45) is 0 Å². The molecule has 0 saturated carbocycles. The summed E-state index contributed by atoms with van der Waals surface area (Å²) in [5.74, 6) is 0. The highest BCUT2D eigenvalue weighted by atomic mass is 32.2. The van der Waals surface area contributed by atoms with Gasteiger partial charge in [-0.2, -0.15) is 9.40 Å². The van der Waals surface area contributed by atoms with Crippen LogP contribution in [0.1, 0.15) is 20.3 Å².